The fourth-order valence-corrected chi connectivity index (χ4v) is 2.63. The van der Waals surface area contributed by atoms with E-state index in [1.54, 1.807) is 0 Å². The first kappa shape index (κ1) is 10.4. The van der Waals surface area contributed by atoms with Crippen LogP contribution in [0.1, 0.15) is 11.1 Å². The fourth-order valence-electron chi connectivity index (χ4n) is 1.70. The van der Waals surface area contributed by atoms with Crippen molar-refractivity contribution in [1.29, 1.82) is 0 Å². The predicted molar refractivity (Wildman–Crippen MR) is 67.3 cm³/mol. The van der Waals surface area contributed by atoms with Crippen molar-refractivity contribution < 1.29 is 0 Å². The van der Waals surface area contributed by atoms with E-state index in [0.717, 1.165) is 6.54 Å². The fraction of sp³-hybridized carbons (Fsp3) is 0.231. The van der Waals surface area contributed by atoms with Crippen molar-refractivity contribution in [3.8, 4) is 10.4 Å². The van der Waals surface area contributed by atoms with Gasteiger partial charge in [-0.15, -0.1) is 11.3 Å². The SMILES string of the molecule is CNCc1ccsc1-c1cccc(C)c1. The highest BCUT2D eigenvalue weighted by molar-refractivity contribution is 7.13. The molecule has 1 nitrogen and oxygen atoms in total. The molecule has 0 spiro atoms. The topological polar surface area (TPSA) is 12.0 Å². The average Bonchev–Trinajstić information content (AvgIpc) is 2.66. The van der Waals surface area contributed by atoms with Crippen LogP contribution in [-0.4, -0.2) is 7.05 Å². The van der Waals surface area contributed by atoms with Gasteiger partial charge in [0, 0.05) is 11.4 Å². The Hall–Kier alpha value is -1.12. The summed E-state index contributed by atoms with van der Waals surface area (Å²) in [5.41, 5.74) is 4.03. The number of nitrogens with one attached hydrogen (secondary N) is 1. The van der Waals surface area contributed by atoms with Gasteiger partial charge in [0.2, 0.25) is 0 Å². The third-order valence-electron chi connectivity index (χ3n) is 2.39. The summed E-state index contributed by atoms with van der Waals surface area (Å²) in [6, 6.07) is 10.9. The van der Waals surface area contributed by atoms with Gasteiger partial charge in [0.25, 0.3) is 0 Å². The lowest BCUT2D eigenvalue weighted by Gasteiger charge is -2.04. The van der Waals surface area contributed by atoms with Crippen LogP contribution in [0, 0.1) is 6.92 Å². The van der Waals surface area contributed by atoms with Crippen LogP contribution in [0.2, 0.25) is 0 Å². The highest BCUT2D eigenvalue weighted by Crippen LogP contribution is 2.29. The maximum atomic E-state index is 3.20. The highest BCUT2D eigenvalue weighted by Gasteiger charge is 2.05. The molecular formula is C13H15NS. The molecule has 1 aromatic carbocycles. The van der Waals surface area contributed by atoms with Crippen LogP contribution >= 0.6 is 11.3 Å². The largest absolute Gasteiger partial charge is 0.316 e. The average molecular weight is 217 g/mol. The summed E-state index contributed by atoms with van der Waals surface area (Å²) in [6.07, 6.45) is 0. The van der Waals surface area contributed by atoms with Crippen LogP contribution in [0.5, 0.6) is 0 Å². The van der Waals surface area contributed by atoms with Crippen molar-refractivity contribution in [3.63, 3.8) is 0 Å². The monoisotopic (exact) mass is 217 g/mol. The minimum Gasteiger partial charge on any atom is -0.316 e. The van der Waals surface area contributed by atoms with E-state index in [2.05, 4.69) is 48.0 Å². The molecule has 0 saturated heterocycles. The summed E-state index contributed by atoms with van der Waals surface area (Å²) in [6.45, 7) is 3.07. The van der Waals surface area contributed by atoms with Crippen molar-refractivity contribution in [2.24, 2.45) is 0 Å². The second-order valence-electron chi connectivity index (χ2n) is 3.67. The van der Waals surface area contributed by atoms with Crippen molar-refractivity contribution in [1.82, 2.24) is 5.32 Å². The molecule has 0 atom stereocenters. The summed E-state index contributed by atoms with van der Waals surface area (Å²) >= 11 is 1.81. The summed E-state index contributed by atoms with van der Waals surface area (Å²) in [5, 5.41) is 5.36. The number of hydrogen-bond acceptors (Lipinski definition) is 2. The van der Waals surface area contributed by atoms with Gasteiger partial charge < -0.3 is 5.32 Å². The molecule has 78 valence electrons. The van der Waals surface area contributed by atoms with E-state index < -0.39 is 0 Å². The molecule has 1 N–H and O–H groups in total. The number of hydrogen-bond donors (Lipinski definition) is 1. The smallest absolute Gasteiger partial charge is 0.0387 e. The summed E-state index contributed by atoms with van der Waals surface area (Å²) in [5.74, 6) is 0. The molecule has 15 heavy (non-hydrogen) atoms. The number of benzene rings is 1. The summed E-state index contributed by atoms with van der Waals surface area (Å²) < 4.78 is 0. The lowest BCUT2D eigenvalue weighted by molar-refractivity contribution is 0.822. The molecule has 0 fully saturated rings. The molecule has 1 aromatic heterocycles. The molecule has 0 radical (unpaired) electrons. The van der Waals surface area contributed by atoms with Crippen LogP contribution in [0.3, 0.4) is 0 Å². The Labute approximate surface area is 94.8 Å². The standard InChI is InChI=1S/C13H15NS/c1-10-4-3-5-11(8-10)13-12(9-14-2)6-7-15-13/h3-8,14H,9H2,1-2H3. The Morgan fingerprint density at radius 3 is 2.87 bits per heavy atom. The molecular weight excluding hydrogens is 202 g/mol. The molecule has 0 unspecified atom stereocenters. The Morgan fingerprint density at radius 1 is 1.27 bits per heavy atom. The van der Waals surface area contributed by atoms with Gasteiger partial charge in [-0.25, -0.2) is 0 Å². The number of thiophene rings is 1. The van der Waals surface area contributed by atoms with Crippen molar-refractivity contribution in [3.05, 3.63) is 46.8 Å². The van der Waals surface area contributed by atoms with Gasteiger partial charge in [-0.2, -0.15) is 0 Å². The quantitative estimate of drug-likeness (QED) is 0.830. The second kappa shape index (κ2) is 4.60. The lowest BCUT2D eigenvalue weighted by Crippen LogP contribution is -2.04. The molecule has 2 aromatic rings. The van der Waals surface area contributed by atoms with E-state index in [1.165, 1.54) is 21.6 Å². The van der Waals surface area contributed by atoms with E-state index in [0.29, 0.717) is 0 Å². The van der Waals surface area contributed by atoms with Gasteiger partial charge in [-0.1, -0.05) is 29.8 Å². The van der Waals surface area contributed by atoms with Gasteiger partial charge in [-0.3, -0.25) is 0 Å². The Kier molecular flexibility index (Phi) is 3.19. The minimum absolute atomic E-state index is 0.937. The summed E-state index contributed by atoms with van der Waals surface area (Å²) in [4.78, 5) is 1.38. The first-order valence-corrected chi connectivity index (χ1v) is 5.97. The zero-order valence-electron chi connectivity index (χ0n) is 9.08. The van der Waals surface area contributed by atoms with Gasteiger partial charge >= 0.3 is 0 Å². The molecule has 0 aliphatic rings. The molecule has 0 amide bonds. The van der Waals surface area contributed by atoms with E-state index >= 15 is 0 Å². The van der Waals surface area contributed by atoms with Crippen molar-refractivity contribution >= 4 is 11.3 Å². The first-order valence-electron chi connectivity index (χ1n) is 5.09. The van der Waals surface area contributed by atoms with Gasteiger partial charge in [0.05, 0.1) is 0 Å². The van der Waals surface area contributed by atoms with Crippen molar-refractivity contribution in [2.45, 2.75) is 13.5 Å². The van der Waals surface area contributed by atoms with Gasteiger partial charge in [0.1, 0.15) is 0 Å². The maximum absolute atomic E-state index is 3.20. The Bertz CT molecular complexity index is 445. The third kappa shape index (κ3) is 2.28. The Morgan fingerprint density at radius 2 is 2.13 bits per heavy atom. The zero-order valence-corrected chi connectivity index (χ0v) is 9.90. The molecule has 1 heterocycles. The molecule has 2 rings (SSSR count). The lowest BCUT2D eigenvalue weighted by atomic mass is 10.1. The van der Waals surface area contributed by atoms with E-state index in [1.807, 2.05) is 18.4 Å². The second-order valence-corrected chi connectivity index (χ2v) is 4.59. The van der Waals surface area contributed by atoms with Crippen LogP contribution in [0.15, 0.2) is 35.7 Å². The minimum atomic E-state index is 0.937. The van der Waals surface area contributed by atoms with Crippen LogP contribution in [0.4, 0.5) is 0 Å². The number of aryl methyl sites for hydroxylation is 1. The highest BCUT2D eigenvalue weighted by atomic mass is 32.1. The molecule has 0 bridgehead atoms. The maximum Gasteiger partial charge on any atom is 0.0387 e. The summed E-state index contributed by atoms with van der Waals surface area (Å²) in [7, 11) is 1.98. The predicted octanol–water partition coefficient (Wildman–Crippen LogP) is 3.44. The molecule has 0 aliphatic carbocycles. The van der Waals surface area contributed by atoms with Gasteiger partial charge in [-0.05, 0) is 36.5 Å². The van der Waals surface area contributed by atoms with E-state index in [-0.39, 0.29) is 0 Å². The first-order chi connectivity index (χ1) is 7.31. The third-order valence-corrected chi connectivity index (χ3v) is 3.40. The molecule has 2 heteroatoms. The molecule has 0 saturated carbocycles. The molecule has 0 aliphatic heterocycles. The van der Waals surface area contributed by atoms with Crippen molar-refractivity contribution in [2.75, 3.05) is 7.05 Å². The van der Waals surface area contributed by atoms with Crippen LogP contribution in [0.25, 0.3) is 10.4 Å². The number of rotatable bonds is 3. The van der Waals surface area contributed by atoms with Crippen LogP contribution < -0.4 is 5.32 Å². The zero-order chi connectivity index (χ0) is 10.7. The Balaban J connectivity index is 2.40. The van der Waals surface area contributed by atoms with E-state index in [9.17, 15) is 0 Å². The normalized spacial score (nSPS) is 10.5. The van der Waals surface area contributed by atoms with Crippen LogP contribution in [-0.2, 0) is 6.54 Å². The van der Waals surface area contributed by atoms with E-state index in [4.69, 9.17) is 0 Å². The van der Waals surface area contributed by atoms with Gasteiger partial charge in [0.15, 0.2) is 0 Å².